The van der Waals surface area contributed by atoms with Crippen LogP contribution >= 0.6 is 11.3 Å². The first-order valence-electron chi connectivity index (χ1n) is 9.27. The molecule has 0 saturated heterocycles. The van der Waals surface area contributed by atoms with E-state index >= 15 is 0 Å². The highest BCUT2D eigenvalue weighted by atomic mass is 32.1. The minimum absolute atomic E-state index is 0.189. The molecule has 1 atom stereocenters. The molecule has 5 rings (SSSR count). The molecule has 1 saturated carbocycles. The van der Waals surface area contributed by atoms with E-state index in [4.69, 9.17) is 4.74 Å². The highest BCUT2D eigenvalue weighted by molar-refractivity contribution is 7.15. The summed E-state index contributed by atoms with van der Waals surface area (Å²) in [6, 6.07) is 5.82. The molecule has 28 heavy (non-hydrogen) atoms. The Balaban J connectivity index is 1.78. The first kappa shape index (κ1) is 17.5. The minimum Gasteiger partial charge on any atom is -0.494 e. The van der Waals surface area contributed by atoms with E-state index in [0.29, 0.717) is 29.5 Å². The lowest BCUT2D eigenvalue weighted by Gasteiger charge is -2.17. The topological polar surface area (TPSA) is 88.8 Å². The van der Waals surface area contributed by atoms with Gasteiger partial charge in [0.1, 0.15) is 5.56 Å². The average molecular weight is 397 g/mol. The molecule has 1 aromatic carbocycles. The van der Waals surface area contributed by atoms with Crippen LogP contribution in [0.3, 0.4) is 0 Å². The number of nitrogens with zero attached hydrogens (tertiary/aromatic N) is 1. The highest BCUT2D eigenvalue weighted by Crippen LogP contribution is 2.45. The predicted molar refractivity (Wildman–Crippen MR) is 107 cm³/mol. The number of aromatic nitrogens is 1. The van der Waals surface area contributed by atoms with Gasteiger partial charge < -0.3 is 19.5 Å². The molecule has 2 aromatic heterocycles. The van der Waals surface area contributed by atoms with Gasteiger partial charge in [0.15, 0.2) is 5.75 Å². The van der Waals surface area contributed by atoms with Gasteiger partial charge in [0.2, 0.25) is 5.43 Å². The Hall–Kier alpha value is -2.64. The van der Waals surface area contributed by atoms with Crippen molar-refractivity contribution >= 4 is 28.2 Å². The van der Waals surface area contributed by atoms with Crippen molar-refractivity contribution in [3.63, 3.8) is 0 Å². The van der Waals surface area contributed by atoms with Crippen molar-refractivity contribution < 1.29 is 19.7 Å². The zero-order chi connectivity index (χ0) is 19.6. The molecule has 2 heterocycles. The maximum atomic E-state index is 12.8. The van der Waals surface area contributed by atoms with Crippen LogP contribution in [-0.4, -0.2) is 34.0 Å². The summed E-state index contributed by atoms with van der Waals surface area (Å²) in [5.74, 6) is -0.614. The maximum absolute atomic E-state index is 12.8. The molecule has 0 amide bonds. The molecule has 6 nitrogen and oxygen atoms in total. The smallest absolute Gasteiger partial charge is 0.341 e. The van der Waals surface area contributed by atoms with Crippen LogP contribution in [0.15, 0.2) is 29.2 Å². The average Bonchev–Trinajstić information content (AvgIpc) is 3.34. The van der Waals surface area contributed by atoms with E-state index in [-0.39, 0.29) is 17.7 Å². The van der Waals surface area contributed by atoms with Crippen LogP contribution in [0.25, 0.3) is 21.3 Å². The molecule has 0 aliphatic heterocycles. The Morgan fingerprint density at radius 3 is 2.71 bits per heavy atom. The van der Waals surface area contributed by atoms with Crippen molar-refractivity contribution in [3.05, 3.63) is 50.6 Å². The number of rotatable bonds is 4. The Morgan fingerprint density at radius 2 is 2.07 bits per heavy atom. The summed E-state index contributed by atoms with van der Waals surface area (Å²) in [4.78, 5) is 26.5. The van der Waals surface area contributed by atoms with E-state index in [1.807, 2.05) is 10.6 Å². The summed E-state index contributed by atoms with van der Waals surface area (Å²) in [5, 5.41) is 19.6. The van der Waals surface area contributed by atoms with Gasteiger partial charge in [0.05, 0.1) is 24.1 Å². The number of thiophene rings is 1. The van der Waals surface area contributed by atoms with Crippen LogP contribution in [0.1, 0.15) is 39.7 Å². The van der Waals surface area contributed by atoms with Gasteiger partial charge in [0, 0.05) is 34.0 Å². The van der Waals surface area contributed by atoms with Crippen molar-refractivity contribution in [2.24, 2.45) is 0 Å². The van der Waals surface area contributed by atoms with Crippen molar-refractivity contribution in [2.45, 2.75) is 37.8 Å². The number of ether oxygens (including phenoxy) is 1. The summed E-state index contributed by atoms with van der Waals surface area (Å²) >= 11 is 1.64. The van der Waals surface area contributed by atoms with Gasteiger partial charge in [0.25, 0.3) is 0 Å². The fraction of sp³-hybridized carbons (Fsp3) is 0.333. The van der Waals surface area contributed by atoms with E-state index < -0.39 is 11.4 Å². The maximum Gasteiger partial charge on any atom is 0.341 e. The lowest BCUT2D eigenvalue weighted by molar-refractivity contribution is 0.0694. The van der Waals surface area contributed by atoms with Gasteiger partial charge in [-0.3, -0.25) is 4.79 Å². The molecule has 0 radical (unpaired) electrons. The SMILES string of the molecule is COc1c(-c2cc3c(s2)CC(O)C3)ccc2c(=O)c(C(=O)O)cn(C3CC3)c12. The molecule has 2 aliphatic carbocycles. The number of aromatic carboxylic acids is 1. The van der Waals surface area contributed by atoms with Crippen LogP contribution < -0.4 is 10.2 Å². The molecule has 2 N–H and O–H groups in total. The zero-order valence-corrected chi connectivity index (χ0v) is 16.1. The normalized spacial score (nSPS) is 18.4. The molecule has 144 valence electrons. The number of hydrogen-bond acceptors (Lipinski definition) is 5. The second-order valence-electron chi connectivity index (χ2n) is 7.48. The van der Waals surface area contributed by atoms with E-state index in [1.165, 1.54) is 11.1 Å². The molecule has 0 spiro atoms. The number of carboxylic acids is 1. The van der Waals surface area contributed by atoms with Crippen molar-refractivity contribution in [3.8, 4) is 16.2 Å². The summed E-state index contributed by atoms with van der Waals surface area (Å²) < 4.78 is 7.66. The molecule has 2 aliphatic rings. The number of hydrogen-bond donors (Lipinski definition) is 2. The molecular formula is C21H19NO5S. The Morgan fingerprint density at radius 1 is 1.29 bits per heavy atom. The standard InChI is InChI=1S/C21H19NO5S/c1-27-20-13(17-7-10-6-12(23)8-16(10)28-17)4-5-14-18(20)22(11-2-3-11)9-15(19(14)24)21(25)26/h4-5,7,9,11-12,23H,2-3,6,8H2,1H3,(H,25,26). The molecule has 0 bridgehead atoms. The number of aliphatic hydroxyl groups is 1. The summed E-state index contributed by atoms with van der Waals surface area (Å²) in [6.07, 6.45) is 4.40. The Labute approximate surface area is 164 Å². The van der Waals surface area contributed by atoms with E-state index in [9.17, 15) is 19.8 Å². The first-order valence-corrected chi connectivity index (χ1v) is 10.1. The summed E-state index contributed by atoms with van der Waals surface area (Å²) in [5.41, 5.74) is 2.02. The molecule has 1 fully saturated rings. The quantitative estimate of drug-likeness (QED) is 0.706. The predicted octanol–water partition coefficient (Wildman–Crippen LogP) is 3.23. The molecule has 3 aromatic rings. The van der Waals surface area contributed by atoms with Gasteiger partial charge in [-0.1, -0.05) is 0 Å². The number of pyridine rings is 1. The van der Waals surface area contributed by atoms with Crippen LogP contribution in [0.4, 0.5) is 0 Å². The largest absolute Gasteiger partial charge is 0.494 e. The van der Waals surface area contributed by atoms with E-state index in [1.54, 1.807) is 24.5 Å². The molecule has 7 heteroatoms. The lowest BCUT2D eigenvalue weighted by atomic mass is 10.0. The fourth-order valence-electron chi connectivity index (χ4n) is 4.10. The number of aliphatic hydroxyl groups excluding tert-OH is 1. The number of fused-ring (bicyclic) bond motifs is 2. The van der Waals surface area contributed by atoms with Gasteiger partial charge in [-0.2, -0.15) is 0 Å². The lowest BCUT2D eigenvalue weighted by Crippen LogP contribution is -2.19. The zero-order valence-electron chi connectivity index (χ0n) is 15.3. The van der Waals surface area contributed by atoms with E-state index in [0.717, 1.165) is 28.8 Å². The number of benzene rings is 1. The summed E-state index contributed by atoms with van der Waals surface area (Å²) in [6.45, 7) is 0. The van der Waals surface area contributed by atoms with Gasteiger partial charge in [-0.25, -0.2) is 4.79 Å². The van der Waals surface area contributed by atoms with Crippen LogP contribution in [0.2, 0.25) is 0 Å². The van der Waals surface area contributed by atoms with Crippen molar-refractivity contribution in [2.75, 3.05) is 7.11 Å². The van der Waals surface area contributed by atoms with Gasteiger partial charge in [-0.05, 0) is 43.0 Å². The third-order valence-electron chi connectivity index (χ3n) is 5.56. The van der Waals surface area contributed by atoms with Crippen LogP contribution in [0.5, 0.6) is 5.75 Å². The minimum atomic E-state index is -1.21. The van der Waals surface area contributed by atoms with Crippen LogP contribution in [-0.2, 0) is 12.8 Å². The first-order chi connectivity index (χ1) is 13.5. The van der Waals surface area contributed by atoms with Crippen molar-refractivity contribution in [1.29, 1.82) is 0 Å². The second kappa shape index (κ2) is 6.18. The molecule has 1 unspecified atom stereocenters. The van der Waals surface area contributed by atoms with Crippen LogP contribution in [0, 0.1) is 0 Å². The third kappa shape index (κ3) is 2.57. The third-order valence-corrected chi connectivity index (χ3v) is 6.79. The number of methoxy groups -OCH3 is 1. The monoisotopic (exact) mass is 397 g/mol. The highest BCUT2D eigenvalue weighted by Gasteiger charge is 2.30. The fourth-order valence-corrected chi connectivity index (χ4v) is 5.38. The Bertz CT molecular complexity index is 1160. The number of carbonyl (C=O) groups is 1. The van der Waals surface area contributed by atoms with E-state index in [2.05, 4.69) is 6.07 Å². The van der Waals surface area contributed by atoms with Crippen molar-refractivity contribution in [1.82, 2.24) is 4.57 Å². The van der Waals surface area contributed by atoms with Gasteiger partial charge in [-0.15, -0.1) is 11.3 Å². The number of carboxylic acid groups (broad SMARTS) is 1. The second-order valence-corrected chi connectivity index (χ2v) is 8.62. The summed E-state index contributed by atoms with van der Waals surface area (Å²) in [7, 11) is 1.58. The molecular weight excluding hydrogens is 378 g/mol. The Kier molecular flexibility index (Phi) is 3.86. The van der Waals surface area contributed by atoms with Gasteiger partial charge >= 0.3 is 5.97 Å².